The number of H-pyrrole nitrogens is 1. The largest absolute Gasteiger partial charge is 0.573 e. The molecule has 1 aliphatic carbocycles. The fourth-order valence-electron chi connectivity index (χ4n) is 5.12. The second-order valence-electron chi connectivity index (χ2n) is 12.8. The second-order valence-corrected chi connectivity index (χ2v) is 17.7. The molecule has 1 atom stereocenters. The number of pyridine rings is 1. The number of aromatic amines is 1. The number of hydrogen-bond donors (Lipinski definition) is 2. The smallest absolute Gasteiger partial charge is 0.406 e. The predicted octanol–water partition coefficient (Wildman–Crippen LogP) is 6.95. The van der Waals surface area contributed by atoms with Crippen molar-refractivity contribution in [2.75, 3.05) is 31.9 Å². The van der Waals surface area contributed by atoms with Crippen LogP contribution in [0.15, 0.2) is 30.5 Å². The molecule has 1 aliphatic heterocycles. The average molecular weight is 612 g/mol. The van der Waals surface area contributed by atoms with Crippen LogP contribution in [-0.2, 0) is 12.8 Å². The van der Waals surface area contributed by atoms with Gasteiger partial charge in [0.2, 0.25) is 0 Å². The van der Waals surface area contributed by atoms with E-state index in [1.807, 2.05) is 0 Å². The number of aromatic nitrogens is 2. The summed E-state index contributed by atoms with van der Waals surface area (Å²) in [6.07, 6.45) is 5.95. The van der Waals surface area contributed by atoms with E-state index < -0.39 is 12.5 Å². The van der Waals surface area contributed by atoms with E-state index in [-0.39, 0.29) is 39.0 Å². The number of aliphatic hydroxyl groups excluding tert-OH is 1. The lowest BCUT2D eigenvalue weighted by atomic mass is 9.84. The van der Waals surface area contributed by atoms with Crippen molar-refractivity contribution < 1.29 is 32.2 Å². The summed E-state index contributed by atoms with van der Waals surface area (Å²) in [4.78, 5) is 21.9. The molecule has 3 aromatic rings. The Morgan fingerprint density at radius 1 is 1.07 bits per heavy atom. The molecular weight excluding hydrogens is 570 g/mol. The van der Waals surface area contributed by atoms with Gasteiger partial charge in [-0.1, -0.05) is 20.8 Å². The normalized spacial score (nSPS) is 18.7. The maximum absolute atomic E-state index is 15.0. The molecule has 232 valence electrons. The number of hydrogen-bond acceptors (Lipinski definition) is 4. The molecule has 1 amide bonds. The van der Waals surface area contributed by atoms with Crippen LogP contribution in [0.1, 0.15) is 73.1 Å². The maximum atomic E-state index is 15.0. The van der Waals surface area contributed by atoms with Crippen LogP contribution in [0.2, 0.25) is 0 Å². The fraction of sp³-hybridized carbons (Fsp3) is 0.548. The highest BCUT2D eigenvalue weighted by molar-refractivity contribution is 8.33. The van der Waals surface area contributed by atoms with Crippen LogP contribution in [0.4, 0.5) is 17.6 Å². The molecule has 42 heavy (non-hydrogen) atoms. The van der Waals surface area contributed by atoms with E-state index in [0.29, 0.717) is 61.2 Å². The highest BCUT2D eigenvalue weighted by Crippen LogP contribution is 2.48. The monoisotopic (exact) mass is 611 g/mol. The van der Waals surface area contributed by atoms with Crippen LogP contribution in [-0.4, -0.2) is 75.0 Å². The van der Waals surface area contributed by atoms with Crippen LogP contribution in [0, 0.1) is 5.82 Å². The predicted molar refractivity (Wildman–Crippen MR) is 160 cm³/mol. The van der Waals surface area contributed by atoms with Gasteiger partial charge in [0.15, 0.2) is 0 Å². The standard InChI is InChI=1S/C24H23F4N3O3.C7H18S/c25-18-12-29-22-21(17-6-3-15(32)11-19(17)30-22)20(18)13-7-9-31(10-8-13)23(33)14-1-4-16(5-2-14)34-24(26,27)28;1-7(2,3)8(4,5)6/h1-2,4-5,12-13,15,32H,3,6-11H2,(H,29,30);1-6H3. The average Bonchev–Trinajstić information content (AvgIpc) is 3.24. The number of piperidine rings is 1. The minimum atomic E-state index is -4.79. The number of carbonyl (C=O) groups is 1. The summed E-state index contributed by atoms with van der Waals surface area (Å²) >= 11 is 0. The number of aryl methyl sites for hydroxylation is 1. The first-order chi connectivity index (χ1) is 19.4. The van der Waals surface area contributed by atoms with Gasteiger partial charge >= 0.3 is 6.36 Å². The molecular formula is C31H41F4N3O3S. The Morgan fingerprint density at radius 3 is 2.21 bits per heavy atom. The summed E-state index contributed by atoms with van der Waals surface area (Å²) in [5.41, 5.74) is 3.42. The Balaban J connectivity index is 0.000000446. The van der Waals surface area contributed by atoms with Crippen molar-refractivity contribution in [3.63, 3.8) is 0 Å². The zero-order chi connectivity index (χ0) is 31.0. The number of rotatable bonds is 3. The van der Waals surface area contributed by atoms with Crippen molar-refractivity contribution in [3.05, 3.63) is 58.7 Å². The number of ether oxygens (including phenoxy) is 1. The number of nitrogens with one attached hydrogen (secondary N) is 1. The number of fused-ring (bicyclic) bond motifs is 3. The Kier molecular flexibility index (Phi) is 9.23. The first kappa shape index (κ1) is 32.1. The van der Waals surface area contributed by atoms with E-state index in [0.717, 1.165) is 28.8 Å². The first-order valence-corrected chi connectivity index (χ1v) is 17.0. The van der Waals surface area contributed by atoms with Gasteiger partial charge in [-0.25, -0.2) is 19.4 Å². The van der Waals surface area contributed by atoms with Gasteiger partial charge in [0.05, 0.1) is 12.3 Å². The third kappa shape index (κ3) is 7.40. The molecule has 6 nitrogen and oxygen atoms in total. The number of amides is 1. The van der Waals surface area contributed by atoms with Gasteiger partial charge in [0.1, 0.15) is 17.2 Å². The number of aliphatic hydroxyl groups is 1. The fourth-order valence-corrected chi connectivity index (χ4v) is 5.12. The van der Waals surface area contributed by atoms with Crippen molar-refractivity contribution in [1.29, 1.82) is 0 Å². The zero-order valence-corrected chi connectivity index (χ0v) is 25.9. The molecule has 2 aromatic heterocycles. The SMILES string of the molecule is CC(C)(C)S(C)(C)C.O=C(c1ccc(OC(F)(F)F)cc1)N1CCC(c2c(F)cnc3[nH]c4c(c23)CCC(O)C4)CC1. The minimum Gasteiger partial charge on any atom is -0.406 e. The quantitative estimate of drug-likeness (QED) is 0.314. The van der Waals surface area contributed by atoms with E-state index in [1.54, 1.807) is 4.90 Å². The van der Waals surface area contributed by atoms with E-state index in [1.165, 1.54) is 18.3 Å². The van der Waals surface area contributed by atoms with Gasteiger partial charge in [-0.05, 0) is 84.9 Å². The topological polar surface area (TPSA) is 78.5 Å². The lowest BCUT2D eigenvalue weighted by Crippen LogP contribution is -2.38. The highest BCUT2D eigenvalue weighted by Gasteiger charge is 2.33. The molecule has 3 heterocycles. The van der Waals surface area contributed by atoms with Crippen molar-refractivity contribution in [2.45, 2.75) is 76.0 Å². The van der Waals surface area contributed by atoms with Crippen molar-refractivity contribution in [2.24, 2.45) is 0 Å². The molecule has 0 radical (unpaired) electrons. The molecule has 1 unspecified atom stereocenters. The molecule has 0 bridgehead atoms. The number of halogens is 4. The number of nitrogens with zero attached hydrogens (tertiary/aromatic N) is 2. The van der Waals surface area contributed by atoms with Crippen molar-refractivity contribution in [3.8, 4) is 5.75 Å². The highest BCUT2D eigenvalue weighted by atomic mass is 32.3. The second kappa shape index (κ2) is 12.1. The summed E-state index contributed by atoms with van der Waals surface area (Å²) in [5.74, 6) is -1.14. The molecule has 0 spiro atoms. The van der Waals surface area contributed by atoms with Gasteiger partial charge < -0.3 is 19.7 Å². The summed E-state index contributed by atoms with van der Waals surface area (Å²) in [7, 11) is -0.340. The van der Waals surface area contributed by atoms with Gasteiger partial charge in [-0.15, -0.1) is 13.2 Å². The number of carbonyl (C=O) groups excluding carboxylic acids is 1. The molecule has 1 fully saturated rings. The molecule has 2 N–H and O–H groups in total. The number of likely N-dealkylation sites (tertiary alicyclic amines) is 1. The Bertz CT molecular complexity index is 1390. The summed E-state index contributed by atoms with van der Waals surface area (Å²) < 4.78 is 56.4. The van der Waals surface area contributed by atoms with E-state index in [9.17, 15) is 23.1 Å². The van der Waals surface area contributed by atoms with Gasteiger partial charge in [-0.3, -0.25) is 4.79 Å². The Hall–Kier alpha value is -2.79. The molecule has 1 aromatic carbocycles. The number of alkyl halides is 3. The molecule has 0 saturated carbocycles. The van der Waals surface area contributed by atoms with Crippen LogP contribution in [0.25, 0.3) is 11.0 Å². The van der Waals surface area contributed by atoms with Crippen LogP contribution >= 0.6 is 10.0 Å². The first-order valence-electron chi connectivity index (χ1n) is 14.1. The van der Waals surface area contributed by atoms with Gasteiger partial charge in [-0.2, -0.15) is 0 Å². The third-order valence-electron chi connectivity index (χ3n) is 8.54. The summed E-state index contributed by atoms with van der Waals surface area (Å²) in [6.45, 7) is 7.73. The van der Waals surface area contributed by atoms with E-state index >= 15 is 4.39 Å². The van der Waals surface area contributed by atoms with Crippen molar-refractivity contribution in [1.82, 2.24) is 14.9 Å². The summed E-state index contributed by atoms with van der Waals surface area (Å²) in [5, 5.41) is 10.8. The number of benzene rings is 1. The Labute approximate surface area is 246 Å². The van der Waals surface area contributed by atoms with Crippen LogP contribution < -0.4 is 4.74 Å². The maximum Gasteiger partial charge on any atom is 0.573 e. The minimum absolute atomic E-state index is 0.0936. The Morgan fingerprint density at radius 2 is 1.67 bits per heavy atom. The lowest BCUT2D eigenvalue weighted by Gasteiger charge is -2.40. The van der Waals surface area contributed by atoms with Gasteiger partial charge in [0.25, 0.3) is 5.91 Å². The van der Waals surface area contributed by atoms with E-state index in [4.69, 9.17) is 0 Å². The lowest BCUT2D eigenvalue weighted by molar-refractivity contribution is -0.274. The molecule has 11 heteroatoms. The van der Waals surface area contributed by atoms with Crippen LogP contribution in [0.3, 0.4) is 0 Å². The zero-order valence-electron chi connectivity index (χ0n) is 25.1. The van der Waals surface area contributed by atoms with Crippen LogP contribution in [0.5, 0.6) is 5.75 Å². The van der Waals surface area contributed by atoms with Crippen molar-refractivity contribution >= 4 is 27.0 Å². The van der Waals surface area contributed by atoms with Gasteiger partial charge in [0, 0.05) is 41.7 Å². The summed E-state index contributed by atoms with van der Waals surface area (Å²) in [6, 6.07) is 4.84. The molecule has 5 rings (SSSR count). The molecule has 2 aliphatic rings. The van der Waals surface area contributed by atoms with E-state index in [2.05, 4.69) is 54.2 Å². The third-order valence-corrected chi connectivity index (χ3v) is 12.2. The molecule has 1 saturated heterocycles.